The average Bonchev–Trinajstić information content (AvgIpc) is 3.45. The molecule has 0 spiro atoms. The highest BCUT2D eigenvalue weighted by atomic mass is 35.5. The molecule has 3 N–H and O–H groups in total. The zero-order valence-corrected chi connectivity index (χ0v) is 17.7. The Morgan fingerprint density at radius 1 is 0.897 bits per heavy atom. The molecule has 2 aromatic carbocycles. The highest BCUT2D eigenvalue weighted by Crippen LogP contribution is 2.33. The lowest BCUT2D eigenvalue weighted by Gasteiger charge is -2.25. The van der Waals surface area contributed by atoms with Crippen LogP contribution in [0, 0.1) is 0 Å². The molecule has 1 unspecified atom stereocenters. The first-order chi connectivity index (χ1) is 14.2. The van der Waals surface area contributed by atoms with Gasteiger partial charge in [-0.1, -0.05) is 53.5 Å². The van der Waals surface area contributed by atoms with E-state index in [1.54, 1.807) is 18.2 Å². The smallest absolute Gasteiger partial charge is 0.196 e. The summed E-state index contributed by atoms with van der Waals surface area (Å²) in [6.45, 7) is 3.73. The third-order valence-electron chi connectivity index (χ3n) is 5.27. The quantitative estimate of drug-likeness (QED) is 0.667. The van der Waals surface area contributed by atoms with Crippen LogP contribution in [0.5, 0.6) is 0 Å². The van der Waals surface area contributed by atoms with Crippen molar-refractivity contribution in [3.05, 3.63) is 63.6 Å². The number of para-hydroxylation sites is 1. The number of halogens is 2. The number of benzene rings is 2. The summed E-state index contributed by atoms with van der Waals surface area (Å²) >= 11 is 11.9. The molecule has 1 fully saturated rings. The molecular weight excluding hydrogens is 405 g/mol. The Balaban J connectivity index is 0.000000142. The molecule has 1 aliphatic carbocycles. The Labute approximate surface area is 181 Å². The number of amidine groups is 1. The molecule has 0 aromatic heterocycles. The number of nitrogens with zero attached hydrogens (tertiary/aromatic N) is 2. The summed E-state index contributed by atoms with van der Waals surface area (Å²) in [4.78, 5) is 8.85. The standard InChI is InChI=1S/C13H16N2.C9H9Cl2N3/c1-2-6-11-10(4-1)5-3-7-12(11)13-14-8-9-15-13;10-6-2-1-3-7(11)8(6)14-9-12-4-5-13-9/h1-2,4,6,12H,3,5,7-9H2,(H,14,15);1-3H,4-5H2,(H2,12,13,14). The van der Waals surface area contributed by atoms with Crippen LogP contribution in [0.25, 0.3) is 0 Å². The molecule has 0 amide bonds. The third kappa shape index (κ3) is 4.85. The predicted molar refractivity (Wildman–Crippen MR) is 122 cm³/mol. The van der Waals surface area contributed by atoms with E-state index in [1.165, 1.54) is 36.2 Å². The lowest BCUT2D eigenvalue weighted by molar-refractivity contribution is 0.641. The summed E-state index contributed by atoms with van der Waals surface area (Å²) in [6.07, 6.45) is 3.78. The molecule has 2 heterocycles. The molecule has 0 bridgehead atoms. The van der Waals surface area contributed by atoms with Crippen molar-refractivity contribution in [2.75, 3.05) is 26.2 Å². The highest BCUT2D eigenvalue weighted by Gasteiger charge is 2.25. The van der Waals surface area contributed by atoms with Gasteiger partial charge in [-0.25, -0.2) is 4.99 Å². The van der Waals surface area contributed by atoms with E-state index in [0.29, 0.717) is 21.7 Å². The third-order valence-corrected chi connectivity index (χ3v) is 5.88. The molecule has 5 nitrogen and oxygen atoms in total. The maximum atomic E-state index is 5.96. The second kappa shape index (κ2) is 9.51. The molecule has 0 saturated carbocycles. The van der Waals surface area contributed by atoms with Crippen LogP contribution in [0.1, 0.15) is 29.9 Å². The van der Waals surface area contributed by atoms with Crippen LogP contribution in [0.2, 0.25) is 10.0 Å². The minimum atomic E-state index is 0.539. The monoisotopic (exact) mass is 429 g/mol. The minimum absolute atomic E-state index is 0.539. The van der Waals surface area contributed by atoms with Crippen molar-refractivity contribution < 1.29 is 0 Å². The first-order valence-corrected chi connectivity index (χ1v) is 10.8. The van der Waals surface area contributed by atoms with E-state index in [4.69, 9.17) is 23.2 Å². The summed E-state index contributed by atoms with van der Waals surface area (Å²) in [6, 6.07) is 14.1. The van der Waals surface area contributed by atoms with E-state index in [9.17, 15) is 0 Å². The van der Waals surface area contributed by atoms with Gasteiger partial charge in [-0.2, -0.15) is 0 Å². The van der Waals surface area contributed by atoms with Crippen LogP contribution in [0.3, 0.4) is 0 Å². The van der Waals surface area contributed by atoms with Gasteiger partial charge in [0.25, 0.3) is 0 Å². The topological polar surface area (TPSA) is 60.8 Å². The second-order valence-corrected chi connectivity index (χ2v) is 8.04. The number of fused-ring (bicyclic) bond motifs is 1. The zero-order chi connectivity index (χ0) is 20.1. The van der Waals surface area contributed by atoms with E-state index in [2.05, 4.69) is 50.2 Å². The van der Waals surface area contributed by atoms with Gasteiger partial charge in [-0.15, -0.1) is 0 Å². The molecule has 29 heavy (non-hydrogen) atoms. The number of aryl methyl sites for hydroxylation is 1. The molecule has 3 aliphatic rings. The maximum absolute atomic E-state index is 5.96. The van der Waals surface area contributed by atoms with Crippen LogP contribution >= 0.6 is 23.2 Å². The van der Waals surface area contributed by atoms with Gasteiger partial charge in [0.15, 0.2) is 5.96 Å². The van der Waals surface area contributed by atoms with Gasteiger partial charge in [-0.05, 0) is 42.5 Å². The number of rotatable bonds is 2. The van der Waals surface area contributed by atoms with Gasteiger partial charge >= 0.3 is 0 Å². The number of aliphatic imine (C=N–C) groups is 2. The van der Waals surface area contributed by atoms with E-state index >= 15 is 0 Å². The fourth-order valence-corrected chi connectivity index (χ4v) is 4.38. The maximum Gasteiger partial charge on any atom is 0.196 e. The number of hydrogen-bond donors (Lipinski definition) is 3. The van der Waals surface area contributed by atoms with Crippen LogP contribution in [0.4, 0.5) is 5.69 Å². The average molecular weight is 430 g/mol. The number of nitrogens with one attached hydrogen (secondary N) is 3. The predicted octanol–water partition coefficient (Wildman–Crippen LogP) is 4.28. The molecular formula is C22H25Cl2N5. The molecule has 152 valence electrons. The second-order valence-electron chi connectivity index (χ2n) is 7.22. The van der Waals surface area contributed by atoms with Crippen LogP contribution in [-0.2, 0) is 6.42 Å². The van der Waals surface area contributed by atoms with E-state index in [1.807, 2.05) is 0 Å². The molecule has 0 radical (unpaired) electrons. The van der Waals surface area contributed by atoms with Crippen molar-refractivity contribution in [3.63, 3.8) is 0 Å². The van der Waals surface area contributed by atoms with Crippen molar-refractivity contribution >= 4 is 40.7 Å². The molecule has 5 rings (SSSR count). The molecule has 2 aliphatic heterocycles. The van der Waals surface area contributed by atoms with E-state index in [-0.39, 0.29) is 0 Å². The van der Waals surface area contributed by atoms with E-state index in [0.717, 1.165) is 32.1 Å². The van der Waals surface area contributed by atoms with E-state index < -0.39 is 0 Å². The minimum Gasteiger partial charge on any atom is -0.371 e. The first-order valence-electron chi connectivity index (χ1n) is 10.1. The molecule has 7 heteroatoms. The number of guanidine groups is 1. The van der Waals surface area contributed by atoms with Gasteiger partial charge in [-0.3, -0.25) is 4.99 Å². The highest BCUT2D eigenvalue weighted by molar-refractivity contribution is 6.38. The van der Waals surface area contributed by atoms with Crippen molar-refractivity contribution in [2.45, 2.75) is 25.2 Å². The summed E-state index contributed by atoms with van der Waals surface area (Å²) in [5, 5.41) is 10.7. The fraction of sp³-hybridized carbons (Fsp3) is 0.364. The SMILES string of the molecule is Clc1cccc(Cl)c1N=C1NCCN1.c1ccc2c(c1)CCCC2C1=NCCN1. The number of hydrogen-bond acceptors (Lipinski definition) is 3. The van der Waals surface area contributed by atoms with Crippen LogP contribution < -0.4 is 16.0 Å². The normalized spacial score (nSPS) is 19.7. The largest absolute Gasteiger partial charge is 0.371 e. The lowest BCUT2D eigenvalue weighted by Crippen LogP contribution is -2.28. The zero-order valence-electron chi connectivity index (χ0n) is 16.2. The first kappa shape index (κ1) is 20.0. The van der Waals surface area contributed by atoms with Crippen LogP contribution in [-0.4, -0.2) is 38.0 Å². The van der Waals surface area contributed by atoms with Crippen molar-refractivity contribution in [1.29, 1.82) is 0 Å². The Morgan fingerprint density at radius 3 is 2.38 bits per heavy atom. The van der Waals surface area contributed by atoms with Gasteiger partial charge in [0.1, 0.15) is 11.5 Å². The van der Waals surface area contributed by atoms with Gasteiger partial charge < -0.3 is 16.0 Å². The van der Waals surface area contributed by atoms with Crippen molar-refractivity contribution in [1.82, 2.24) is 16.0 Å². The van der Waals surface area contributed by atoms with Gasteiger partial charge in [0, 0.05) is 25.6 Å². The molecule has 1 atom stereocenters. The fourth-order valence-electron chi connectivity index (χ4n) is 3.90. The Bertz CT molecular complexity index is 897. The summed E-state index contributed by atoms with van der Waals surface area (Å²) < 4.78 is 0. The van der Waals surface area contributed by atoms with Crippen LogP contribution in [0.15, 0.2) is 52.4 Å². The summed E-state index contributed by atoms with van der Waals surface area (Å²) in [5.74, 6) is 2.49. The van der Waals surface area contributed by atoms with Crippen molar-refractivity contribution in [3.8, 4) is 0 Å². The summed E-state index contributed by atoms with van der Waals surface area (Å²) in [5.41, 5.74) is 3.62. The molecule has 2 aromatic rings. The Morgan fingerprint density at radius 2 is 1.66 bits per heavy atom. The summed E-state index contributed by atoms with van der Waals surface area (Å²) in [7, 11) is 0. The van der Waals surface area contributed by atoms with Gasteiger partial charge in [0.2, 0.25) is 0 Å². The lowest BCUT2D eigenvalue weighted by atomic mass is 9.82. The van der Waals surface area contributed by atoms with Gasteiger partial charge in [0.05, 0.1) is 16.6 Å². The Kier molecular flexibility index (Phi) is 6.57. The molecule has 1 saturated heterocycles. The Hall–Kier alpha value is -2.24. The van der Waals surface area contributed by atoms with Crippen molar-refractivity contribution in [2.24, 2.45) is 9.98 Å².